The Morgan fingerprint density at radius 2 is 1.86 bits per heavy atom. The molecule has 3 rings (SSSR count). The molecular weight excluding hydrogens is 355 g/mol. The molecule has 2 atom stereocenters. The molecule has 148 valence electrons. The molecule has 0 radical (unpaired) electrons. The van der Waals surface area contributed by atoms with Crippen LogP contribution >= 0.6 is 0 Å². The van der Waals surface area contributed by atoms with E-state index in [-0.39, 0.29) is 30.0 Å². The first-order chi connectivity index (χ1) is 13.5. The maximum atomic E-state index is 13.0. The molecule has 1 saturated heterocycles. The number of carbonyl (C=O) groups excluding carboxylic acids is 2. The first kappa shape index (κ1) is 20.1. The maximum Gasteiger partial charge on any atom is 0.229 e. The summed E-state index contributed by atoms with van der Waals surface area (Å²) in [5.74, 6) is -0.236. The molecule has 1 heterocycles. The van der Waals surface area contributed by atoms with Crippen molar-refractivity contribution in [2.24, 2.45) is 5.92 Å². The topological polar surface area (TPSA) is 49.4 Å². The molecule has 1 N–H and O–H groups in total. The summed E-state index contributed by atoms with van der Waals surface area (Å²) in [6, 6.07) is 14.2. The third-order valence-corrected chi connectivity index (χ3v) is 5.53. The van der Waals surface area contributed by atoms with Crippen LogP contribution in [0.4, 0.5) is 10.1 Å². The van der Waals surface area contributed by atoms with Gasteiger partial charge in [-0.1, -0.05) is 38.1 Å². The van der Waals surface area contributed by atoms with E-state index in [2.05, 4.69) is 19.2 Å². The van der Waals surface area contributed by atoms with Gasteiger partial charge in [0.2, 0.25) is 11.8 Å². The van der Waals surface area contributed by atoms with Crippen molar-refractivity contribution in [2.45, 2.75) is 39.0 Å². The lowest BCUT2D eigenvalue weighted by Crippen LogP contribution is -2.30. The average molecular weight is 382 g/mol. The van der Waals surface area contributed by atoms with E-state index >= 15 is 0 Å². The van der Waals surface area contributed by atoms with Gasteiger partial charge < -0.3 is 10.2 Å². The highest BCUT2D eigenvalue weighted by Gasteiger charge is 2.34. The van der Waals surface area contributed by atoms with E-state index in [1.807, 2.05) is 24.3 Å². The molecule has 0 spiro atoms. The molecule has 2 amide bonds. The summed E-state index contributed by atoms with van der Waals surface area (Å²) in [4.78, 5) is 26.5. The van der Waals surface area contributed by atoms with Gasteiger partial charge >= 0.3 is 0 Å². The number of nitrogens with one attached hydrogen (secondary N) is 1. The number of hydrogen-bond donors (Lipinski definition) is 1. The summed E-state index contributed by atoms with van der Waals surface area (Å²) in [6.45, 7) is 5.30. The largest absolute Gasteiger partial charge is 0.342 e. The zero-order chi connectivity index (χ0) is 20.1. The number of rotatable bonds is 7. The number of amides is 2. The van der Waals surface area contributed by atoms with Gasteiger partial charge in [0.1, 0.15) is 5.82 Å². The number of nitrogens with zero attached hydrogens (tertiary/aromatic N) is 1. The summed E-state index contributed by atoms with van der Waals surface area (Å²) in [7, 11) is 0. The standard InChI is InChI=1S/C23H27FN2O2/c1-3-16(2)18-6-10-21(11-7-18)25-23(28)19-14-22(27)26(15-19)13-12-17-4-8-20(24)9-5-17/h4-11,16,19H,3,12-15H2,1-2H3,(H,25,28). The maximum absolute atomic E-state index is 13.0. The van der Waals surface area contributed by atoms with E-state index in [1.54, 1.807) is 17.0 Å². The van der Waals surface area contributed by atoms with Crippen molar-refractivity contribution in [3.05, 3.63) is 65.5 Å². The Kier molecular flexibility index (Phi) is 6.45. The van der Waals surface area contributed by atoms with Crippen LogP contribution in [0, 0.1) is 11.7 Å². The van der Waals surface area contributed by atoms with Crippen molar-refractivity contribution >= 4 is 17.5 Å². The van der Waals surface area contributed by atoms with E-state index < -0.39 is 0 Å². The SMILES string of the molecule is CCC(C)c1ccc(NC(=O)C2CC(=O)N(CCc3ccc(F)cc3)C2)cc1. The highest BCUT2D eigenvalue weighted by molar-refractivity contribution is 5.97. The predicted octanol–water partition coefficient (Wildman–Crippen LogP) is 4.37. The molecule has 5 heteroatoms. The molecule has 0 bridgehead atoms. The number of anilines is 1. The van der Waals surface area contributed by atoms with Crippen molar-refractivity contribution in [1.82, 2.24) is 4.90 Å². The van der Waals surface area contributed by atoms with Gasteiger partial charge in [-0.25, -0.2) is 4.39 Å². The molecular formula is C23H27FN2O2. The summed E-state index contributed by atoms with van der Waals surface area (Å²) in [5.41, 5.74) is 2.99. The van der Waals surface area contributed by atoms with E-state index in [0.29, 0.717) is 25.4 Å². The van der Waals surface area contributed by atoms with Crippen LogP contribution in [0.5, 0.6) is 0 Å². The van der Waals surface area contributed by atoms with Gasteiger partial charge in [0, 0.05) is 25.2 Å². The zero-order valence-corrected chi connectivity index (χ0v) is 16.5. The van der Waals surface area contributed by atoms with Gasteiger partial charge in [0.05, 0.1) is 5.92 Å². The Morgan fingerprint density at radius 1 is 1.18 bits per heavy atom. The van der Waals surface area contributed by atoms with E-state index in [0.717, 1.165) is 17.7 Å². The van der Waals surface area contributed by atoms with Crippen LogP contribution < -0.4 is 5.32 Å². The number of halogens is 1. The number of likely N-dealkylation sites (tertiary alicyclic amines) is 1. The monoisotopic (exact) mass is 382 g/mol. The van der Waals surface area contributed by atoms with Crippen molar-refractivity contribution in [1.29, 1.82) is 0 Å². The van der Waals surface area contributed by atoms with Gasteiger partial charge in [-0.2, -0.15) is 0 Å². The highest BCUT2D eigenvalue weighted by atomic mass is 19.1. The van der Waals surface area contributed by atoms with Crippen molar-refractivity contribution in [3.8, 4) is 0 Å². The predicted molar refractivity (Wildman–Crippen MR) is 109 cm³/mol. The minimum Gasteiger partial charge on any atom is -0.342 e. The minimum absolute atomic E-state index is 0.00520. The lowest BCUT2D eigenvalue weighted by atomic mass is 9.98. The van der Waals surface area contributed by atoms with Gasteiger partial charge in [-0.15, -0.1) is 0 Å². The van der Waals surface area contributed by atoms with Crippen LogP contribution in [0.15, 0.2) is 48.5 Å². The molecule has 0 aromatic heterocycles. The third kappa shape index (κ3) is 4.97. The summed E-state index contributed by atoms with van der Waals surface area (Å²) in [6.07, 6.45) is 1.96. The fourth-order valence-electron chi connectivity index (χ4n) is 3.45. The highest BCUT2D eigenvalue weighted by Crippen LogP contribution is 2.23. The molecule has 0 aliphatic carbocycles. The normalized spacial score (nSPS) is 17.6. The molecule has 0 saturated carbocycles. The quantitative estimate of drug-likeness (QED) is 0.773. The minimum atomic E-state index is -0.338. The molecule has 4 nitrogen and oxygen atoms in total. The summed E-state index contributed by atoms with van der Waals surface area (Å²) in [5, 5.41) is 2.93. The number of carbonyl (C=O) groups is 2. The number of hydrogen-bond acceptors (Lipinski definition) is 2. The van der Waals surface area contributed by atoms with Crippen LogP contribution in [0.2, 0.25) is 0 Å². The number of benzene rings is 2. The molecule has 1 aliphatic heterocycles. The smallest absolute Gasteiger partial charge is 0.229 e. The fraction of sp³-hybridized carbons (Fsp3) is 0.391. The first-order valence-electron chi connectivity index (χ1n) is 9.89. The summed E-state index contributed by atoms with van der Waals surface area (Å²) < 4.78 is 13.0. The van der Waals surface area contributed by atoms with Gasteiger partial charge in [0.25, 0.3) is 0 Å². The Bertz CT molecular complexity index is 818. The lowest BCUT2D eigenvalue weighted by Gasteiger charge is -2.17. The third-order valence-electron chi connectivity index (χ3n) is 5.53. The Labute approximate surface area is 165 Å². The van der Waals surface area contributed by atoms with Crippen LogP contribution in [0.25, 0.3) is 0 Å². The van der Waals surface area contributed by atoms with Crippen molar-refractivity contribution in [2.75, 3.05) is 18.4 Å². The zero-order valence-electron chi connectivity index (χ0n) is 16.5. The van der Waals surface area contributed by atoms with E-state index in [9.17, 15) is 14.0 Å². The van der Waals surface area contributed by atoms with Crippen LogP contribution in [-0.4, -0.2) is 29.8 Å². The molecule has 2 aromatic carbocycles. The molecule has 28 heavy (non-hydrogen) atoms. The average Bonchev–Trinajstić information content (AvgIpc) is 3.08. The van der Waals surface area contributed by atoms with Gasteiger partial charge in [-0.3, -0.25) is 9.59 Å². The van der Waals surface area contributed by atoms with E-state index in [4.69, 9.17) is 0 Å². The van der Waals surface area contributed by atoms with E-state index in [1.165, 1.54) is 17.7 Å². The Balaban J connectivity index is 1.52. The van der Waals surface area contributed by atoms with Gasteiger partial charge in [-0.05, 0) is 54.2 Å². The Hall–Kier alpha value is -2.69. The molecule has 1 fully saturated rings. The first-order valence-corrected chi connectivity index (χ1v) is 9.89. The second kappa shape index (κ2) is 9.00. The second-order valence-electron chi connectivity index (χ2n) is 7.54. The fourth-order valence-corrected chi connectivity index (χ4v) is 3.45. The van der Waals surface area contributed by atoms with Crippen LogP contribution in [-0.2, 0) is 16.0 Å². The van der Waals surface area contributed by atoms with Crippen molar-refractivity contribution < 1.29 is 14.0 Å². The van der Waals surface area contributed by atoms with Crippen LogP contribution in [0.1, 0.15) is 43.7 Å². The molecule has 2 aromatic rings. The Morgan fingerprint density at radius 3 is 2.50 bits per heavy atom. The van der Waals surface area contributed by atoms with Crippen molar-refractivity contribution in [3.63, 3.8) is 0 Å². The molecule has 2 unspecified atom stereocenters. The second-order valence-corrected chi connectivity index (χ2v) is 7.54. The lowest BCUT2D eigenvalue weighted by molar-refractivity contribution is -0.128. The van der Waals surface area contributed by atoms with Gasteiger partial charge in [0.15, 0.2) is 0 Å². The van der Waals surface area contributed by atoms with Crippen LogP contribution in [0.3, 0.4) is 0 Å². The summed E-state index contributed by atoms with van der Waals surface area (Å²) >= 11 is 0. The molecule has 1 aliphatic rings.